The highest BCUT2D eigenvalue weighted by atomic mass is 32.1. The molecule has 6 heteroatoms. The van der Waals surface area contributed by atoms with Crippen molar-refractivity contribution in [2.75, 3.05) is 7.05 Å². The smallest absolute Gasteiger partial charge is 0.146 e. The SMILES string of the molecule is CNC(c1ccncc1F)c1snnc1C. The highest BCUT2D eigenvalue weighted by Crippen LogP contribution is 2.27. The molecule has 84 valence electrons. The molecule has 0 aliphatic rings. The molecular formula is C10H11FN4S. The summed E-state index contributed by atoms with van der Waals surface area (Å²) in [6, 6.07) is 1.44. The number of nitrogens with zero attached hydrogens (tertiary/aromatic N) is 3. The van der Waals surface area contributed by atoms with Crippen LogP contribution in [0.3, 0.4) is 0 Å². The number of nitrogens with one attached hydrogen (secondary N) is 1. The van der Waals surface area contributed by atoms with Gasteiger partial charge in [0.25, 0.3) is 0 Å². The van der Waals surface area contributed by atoms with E-state index < -0.39 is 0 Å². The number of hydrogen-bond donors (Lipinski definition) is 1. The molecule has 2 aromatic heterocycles. The first-order valence-corrected chi connectivity index (χ1v) is 5.57. The molecule has 0 bridgehead atoms. The van der Waals surface area contributed by atoms with E-state index in [1.165, 1.54) is 17.7 Å². The van der Waals surface area contributed by atoms with Crippen molar-refractivity contribution in [3.63, 3.8) is 0 Å². The Hall–Kier alpha value is -1.40. The van der Waals surface area contributed by atoms with Crippen molar-refractivity contribution < 1.29 is 4.39 Å². The van der Waals surface area contributed by atoms with E-state index in [2.05, 4.69) is 19.9 Å². The Morgan fingerprint density at radius 3 is 2.88 bits per heavy atom. The van der Waals surface area contributed by atoms with Crippen molar-refractivity contribution in [3.05, 3.63) is 40.4 Å². The molecule has 0 radical (unpaired) electrons. The van der Waals surface area contributed by atoms with Gasteiger partial charge in [-0.2, -0.15) is 0 Å². The maximum absolute atomic E-state index is 13.6. The van der Waals surface area contributed by atoms with Crippen LogP contribution < -0.4 is 5.32 Å². The van der Waals surface area contributed by atoms with Crippen LogP contribution in [0, 0.1) is 12.7 Å². The Bertz CT molecular complexity index is 485. The maximum atomic E-state index is 13.6. The summed E-state index contributed by atoms with van der Waals surface area (Å²) in [6.45, 7) is 1.86. The Morgan fingerprint density at radius 1 is 1.50 bits per heavy atom. The Labute approximate surface area is 96.7 Å². The first-order valence-electron chi connectivity index (χ1n) is 4.79. The van der Waals surface area contributed by atoms with Crippen LogP contribution in [0.25, 0.3) is 0 Å². The van der Waals surface area contributed by atoms with Crippen molar-refractivity contribution in [1.29, 1.82) is 0 Å². The van der Waals surface area contributed by atoms with Gasteiger partial charge in [0.15, 0.2) is 0 Å². The van der Waals surface area contributed by atoms with Crippen LogP contribution in [-0.4, -0.2) is 21.6 Å². The van der Waals surface area contributed by atoms with Gasteiger partial charge < -0.3 is 5.32 Å². The monoisotopic (exact) mass is 238 g/mol. The molecule has 2 aromatic rings. The summed E-state index contributed by atoms with van der Waals surface area (Å²) >= 11 is 1.28. The van der Waals surface area contributed by atoms with E-state index in [9.17, 15) is 4.39 Å². The number of aromatic nitrogens is 3. The Morgan fingerprint density at radius 2 is 2.31 bits per heavy atom. The van der Waals surface area contributed by atoms with Gasteiger partial charge in [0.05, 0.1) is 22.8 Å². The number of rotatable bonds is 3. The molecule has 0 aliphatic carbocycles. The van der Waals surface area contributed by atoms with E-state index >= 15 is 0 Å². The third kappa shape index (κ3) is 1.94. The van der Waals surface area contributed by atoms with Crippen LogP contribution in [0.15, 0.2) is 18.5 Å². The fourth-order valence-electron chi connectivity index (χ4n) is 1.55. The van der Waals surface area contributed by atoms with Crippen molar-refractivity contribution in [2.45, 2.75) is 13.0 Å². The third-order valence-corrected chi connectivity index (χ3v) is 3.24. The van der Waals surface area contributed by atoms with Gasteiger partial charge >= 0.3 is 0 Å². The van der Waals surface area contributed by atoms with E-state index in [1.54, 1.807) is 19.3 Å². The predicted octanol–water partition coefficient (Wildman–Crippen LogP) is 1.69. The second kappa shape index (κ2) is 4.63. The summed E-state index contributed by atoms with van der Waals surface area (Å²) in [5.74, 6) is -0.324. The number of halogens is 1. The van der Waals surface area contributed by atoms with Gasteiger partial charge in [0, 0.05) is 11.8 Å². The first kappa shape index (κ1) is 11.1. The molecule has 1 N–H and O–H groups in total. The van der Waals surface area contributed by atoms with Crippen LogP contribution in [0.5, 0.6) is 0 Å². The number of pyridine rings is 1. The molecule has 16 heavy (non-hydrogen) atoms. The summed E-state index contributed by atoms with van der Waals surface area (Å²) in [4.78, 5) is 4.66. The largest absolute Gasteiger partial charge is 0.308 e. The van der Waals surface area contributed by atoms with Crippen LogP contribution >= 0.6 is 11.5 Å². The molecule has 0 fully saturated rings. The maximum Gasteiger partial charge on any atom is 0.146 e. The molecule has 0 spiro atoms. The fourth-order valence-corrected chi connectivity index (χ4v) is 2.32. The minimum absolute atomic E-state index is 0.219. The lowest BCUT2D eigenvalue weighted by atomic mass is 10.1. The number of hydrogen-bond acceptors (Lipinski definition) is 5. The van der Waals surface area contributed by atoms with Gasteiger partial charge in [-0.05, 0) is 31.6 Å². The average molecular weight is 238 g/mol. The zero-order valence-electron chi connectivity index (χ0n) is 8.94. The highest BCUT2D eigenvalue weighted by molar-refractivity contribution is 7.05. The van der Waals surface area contributed by atoms with Gasteiger partial charge in [-0.1, -0.05) is 4.49 Å². The minimum atomic E-state index is -0.324. The second-order valence-electron chi connectivity index (χ2n) is 3.34. The van der Waals surface area contributed by atoms with Crippen LogP contribution in [0.1, 0.15) is 22.2 Å². The highest BCUT2D eigenvalue weighted by Gasteiger charge is 2.20. The lowest BCUT2D eigenvalue weighted by Crippen LogP contribution is -2.18. The third-order valence-electron chi connectivity index (χ3n) is 2.35. The molecule has 0 saturated carbocycles. The van der Waals surface area contributed by atoms with Crippen LogP contribution in [0.4, 0.5) is 4.39 Å². The quantitative estimate of drug-likeness (QED) is 0.884. The lowest BCUT2D eigenvalue weighted by Gasteiger charge is -2.15. The summed E-state index contributed by atoms with van der Waals surface area (Å²) in [7, 11) is 1.78. The van der Waals surface area contributed by atoms with Gasteiger partial charge in [-0.3, -0.25) is 4.98 Å². The van der Waals surface area contributed by atoms with Gasteiger partial charge in [-0.25, -0.2) is 4.39 Å². The first-order chi connectivity index (χ1) is 7.74. The average Bonchev–Trinajstić information content (AvgIpc) is 2.69. The molecule has 4 nitrogen and oxygen atoms in total. The van der Waals surface area contributed by atoms with E-state index in [4.69, 9.17) is 0 Å². The van der Waals surface area contributed by atoms with Crippen molar-refractivity contribution in [1.82, 2.24) is 19.9 Å². The van der Waals surface area contributed by atoms with Gasteiger partial charge in [0.2, 0.25) is 0 Å². The molecular weight excluding hydrogens is 227 g/mol. The summed E-state index contributed by atoms with van der Waals surface area (Å²) < 4.78 is 17.5. The van der Waals surface area contributed by atoms with E-state index in [0.29, 0.717) is 5.56 Å². The van der Waals surface area contributed by atoms with E-state index in [0.717, 1.165) is 10.6 Å². The second-order valence-corrected chi connectivity index (χ2v) is 4.13. The fraction of sp³-hybridized carbons (Fsp3) is 0.300. The van der Waals surface area contributed by atoms with Gasteiger partial charge in [0.1, 0.15) is 5.82 Å². The lowest BCUT2D eigenvalue weighted by molar-refractivity contribution is 0.572. The summed E-state index contributed by atoms with van der Waals surface area (Å²) in [6.07, 6.45) is 2.79. The van der Waals surface area contributed by atoms with E-state index in [1.807, 2.05) is 6.92 Å². The molecule has 2 heterocycles. The molecule has 2 rings (SSSR count). The normalized spacial score (nSPS) is 12.7. The Balaban J connectivity index is 2.45. The molecule has 0 saturated heterocycles. The molecule has 1 atom stereocenters. The summed E-state index contributed by atoms with van der Waals surface area (Å²) in [5, 5.41) is 7.00. The molecule has 1 unspecified atom stereocenters. The van der Waals surface area contributed by atoms with E-state index in [-0.39, 0.29) is 11.9 Å². The van der Waals surface area contributed by atoms with Crippen molar-refractivity contribution in [2.24, 2.45) is 0 Å². The zero-order chi connectivity index (χ0) is 11.5. The van der Waals surface area contributed by atoms with Crippen molar-refractivity contribution >= 4 is 11.5 Å². The number of aryl methyl sites for hydroxylation is 1. The summed E-state index contributed by atoms with van der Waals surface area (Å²) in [5.41, 5.74) is 1.38. The topological polar surface area (TPSA) is 50.7 Å². The standard InChI is InChI=1S/C10H11FN4S/c1-6-10(16-15-14-6)9(12-2)7-3-4-13-5-8(7)11/h3-5,9,12H,1-2H3. The molecule has 0 amide bonds. The Kier molecular flexibility index (Phi) is 3.21. The zero-order valence-corrected chi connectivity index (χ0v) is 9.75. The molecule has 0 aromatic carbocycles. The predicted molar refractivity (Wildman–Crippen MR) is 59.7 cm³/mol. The van der Waals surface area contributed by atoms with Gasteiger partial charge in [-0.15, -0.1) is 5.10 Å². The van der Waals surface area contributed by atoms with Crippen LogP contribution in [-0.2, 0) is 0 Å². The molecule has 0 aliphatic heterocycles. The van der Waals surface area contributed by atoms with Crippen LogP contribution in [0.2, 0.25) is 0 Å². The van der Waals surface area contributed by atoms with Crippen molar-refractivity contribution in [3.8, 4) is 0 Å². The minimum Gasteiger partial charge on any atom is -0.308 e.